The molecule has 1 aromatic heterocycles. The topological polar surface area (TPSA) is 222 Å². The van der Waals surface area contributed by atoms with E-state index in [2.05, 4.69) is 38.5 Å². The lowest BCUT2D eigenvalue weighted by atomic mass is 10.1. The molecule has 0 aromatic carbocycles. The number of carboxylic acid groups (broad SMARTS) is 1. The van der Waals surface area contributed by atoms with E-state index in [1.54, 1.807) is 0 Å². The van der Waals surface area contributed by atoms with Crippen molar-refractivity contribution in [1.29, 1.82) is 0 Å². The Kier molecular flexibility index (Phi) is 9.77. The number of H-pyrrole nitrogens is 1. The van der Waals surface area contributed by atoms with Crippen molar-refractivity contribution < 1.29 is 29.1 Å². The molecule has 0 radical (unpaired) electrons. The molecule has 0 aliphatic rings. The van der Waals surface area contributed by atoms with Gasteiger partial charge in [0.15, 0.2) is 0 Å². The van der Waals surface area contributed by atoms with Gasteiger partial charge in [-0.1, -0.05) is 0 Å². The lowest BCUT2D eigenvalue weighted by Gasteiger charge is -2.23. The van der Waals surface area contributed by atoms with Crippen LogP contribution in [0.2, 0.25) is 0 Å². The summed E-state index contributed by atoms with van der Waals surface area (Å²) in [6, 6.07) is -4.78. The van der Waals surface area contributed by atoms with Crippen LogP contribution in [0.25, 0.3) is 0 Å². The van der Waals surface area contributed by atoms with E-state index >= 15 is 0 Å². The second-order valence-electron chi connectivity index (χ2n) is 6.44. The molecule has 4 atom stereocenters. The van der Waals surface area contributed by atoms with E-state index < -0.39 is 60.2 Å². The number of nitrogens with one attached hydrogen (secondary N) is 4. The van der Waals surface area contributed by atoms with Crippen LogP contribution in [0.1, 0.15) is 19.0 Å². The average Bonchev–Trinajstić information content (AvgIpc) is 3.17. The summed E-state index contributed by atoms with van der Waals surface area (Å²) in [7, 11) is 0. The Labute approximate surface area is 177 Å². The van der Waals surface area contributed by atoms with Crippen LogP contribution in [-0.2, 0) is 30.4 Å². The van der Waals surface area contributed by atoms with Crippen molar-refractivity contribution >= 4 is 42.2 Å². The number of carboxylic acids is 1. The highest BCUT2D eigenvalue weighted by Gasteiger charge is 2.30. The summed E-state index contributed by atoms with van der Waals surface area (Å²) in [4.78, 5) is 65.9. The van der Waals surface area contributed by atoms with Gasteiger partial charge in [0.25, 0.3) is 0 Å². The number of primary amides is 1. The summed E-state index contributed by atoms with van der Waals surface area (Å²) in [6.07, 6.45) is 2.08. The third-order valence-corrected chi connectivity index (χ3v) is 4.23. The minimum atomic E-state index is -1.57. The number of carbonyl (C=O) groups is 5. The molecule has 1 heterocycles. The van der Waals surface area contributed by atoms with Crippen molar-refractivity contribution in [3.05, 3.63) is 18.2 Å². The number of amides is 4. The fourth-order valence-corrected chi connectivity index (χ4v) is 2.53. The molecule has 14 heteroatoms. The van der Waals surface area contributed by atoms with Crippen LogP contribution >= 0.6 is 12.6 Å². The third-order valence-electron chi connectivity index (χ3n) is 3.86. The Balaban J connectivity index is 2.97. The zero-order chi connectivity index (χ0) is 22.8. The van der Waals surface area contributed by atoms with E-state index in [9.17, 15) is 29.1 Å². The number of carbonyl (C=O) groups excluding carboxylic acids is 4. The molecule has 0 bridgehead atoms. The fourth-order valence-electron chi connectivity index (χ4n) is 2.27. The number of aliphatic carboxylic acids is 1. The molecular formula is C16H25N7O6S. The highest BCUT2D eigenvalue weighted by molar-refractivity contribution is 7.80. The fraction of sp³-hybridized carbons (Fsp3) is 0.500. The largest absolute Gasteiger partial charge is 0.480 e. The summed E-state index contributed by atoms with van der Waals surface area (Å²) >= 11 is 4.02. The van der Waals surface area contributed by atoms with Gasteiger partial charge in [0.2, 0.25) is 23.6 Å². The number of nitrogens with zero attached hydrogens (tertiary/aromatic N) is 1. The lowest BCUT2D eigenvalue weighted by molar-refractivity contribution is -0.143. The number of imidazole rings is 1. The second kappa shape index (κ2) is 11.8. The lowest BCUT2D eigenvalue weighted by Crippen LogP contribution is -2.58. The van der Waals surface area contributed by atoms with Crippen LogP contribution in [0, 0.1) is 0 Å². The summed E-state index contributed by atoms with van der Waals surface area (Å²) < 4.78 is 0. The van der Waals surface area contributed by atoms with E-state index in [1.165, 1.54) is 19.4 Å². The third kappa shape index (κ3) is 8.08. The predicted octanol–water partition coefficient (Wildman–Crippen LogP) is -3.36. The summed E-state index contributed by atoms with van der Waals surface area (Å²) in [6.45, 7) is 1.43. The molecular weight excluding hydrogens is 418 g/mol. The molecule has 1 aromatic rings. The Hall–Kier alpha value is -3.13. The van der Waals surface area contributed by atoms with Crippen LogP contribution in [0.4, 0.5) is 0 Å². The van der Waals surface area contributed by atoms with Crippen LogP contribution in [-0.4, -0.2) is 74.6 Å². The van der Waals surface area contributed by atoms with Crippen molar-refractivity contribution in [2.45, 2.75) is 43.9 Å². The van der Waals surface area contributed by atoms with Gasteiger partial charge in [-0.3, -0.25) is 19.2 Å². The Morgan fingerprint density at radius 3 is 2.13 bits per heavy atom. The minimum absolute atomic E-state index is 0.0684. The number of aromatic nitrogens is 2. The minimum Gasteiger partial charge on any atom is -0.480 e. The monoisotopic (exact) mass is 443 g/mol. The highest BCUT2D eigenvalue weighted by atomic mass is 32.1. The van der Waals surface area contributed by atoms with Crippen LogP contribution in [0.15, 0.2) is 12.5 Å². The Bertz CT molecular complexity index is 770. The number of aromatic amines is 1. The van der Waals surface area contributed by atoms with Crippen LogP contribution < -0.4 is 27.4 Å². The van der Waals surface area contributed by atoms with E-state index in [0.717, 1.165) is 0 Å². The number of nitrogens with two attached hydrogens (primary N) is 2. The van der Waals surface area contributed by atoms with Crippen molar-refractivity contribution in [2.24, 2.45) is 11.5 Å². The number of hydrogen-bond donors (Lipinski definition) is 8. The van der Waals surface area contributed by atoms with Crippen LogP contribution in [0.3, 0.4) is 0 Å². The molecule has 0 saturated heterocycles. The normalized spacial score (nSPS) is 14.6. The highest BCUT2D eigenvalue weighted by Crippen LogP contribution is 2.03. The van der Waals surface area contributed by atoms with E-state index in [1.807, 2.05) is 0 Å². The first-order chi connectivity index (χ1) is 14.0. The molecule has 9 N–H and O–H groups in total. The maximum atomic E-state index is 12.6. The van der Waals surface area contributed by atoms with Gasteiger partial charge >= 0.3 is 5.97 Å². The molecule has 13 nitrogen and oxygen atoms in total. The standard InChI is InChI=1S/C16H25N7O6S/c1-7(17)13(25)23-11(5-30)15(27)21-9(2-8-4-19-6-20-8)14(26)22-10(16(28)29)3-12(18)24/h4,6-7,9-11,30H,2-3,5,17H2,1H3,(H2,18,24)(H,19,20)(H,21,27)(H,22,26)(H,23,25)(H,28,29). The molecule has 0 aliphatic heterocycles. The van der Waals surface area contributed by atoms with Crippen LogP contribution in [0.5, 0.6) is 0 Å². The van der Waals surface area contributed by atoms with E-state index in [-0.39, 0.29) is 12.2 Å². The summed E-state index contributed by atoms with van der Waals surface area (Å²) in [5, 5.41) is 16.2. The van der Waals surface area contributed by atoms with Crippen molar-refractivity contribution in [3.8, 4) is 0 Å². The predicted molar refractivity (Wildman–Crippen MR) is 107 cm³/mol. The van der Waals surface area contributed by atoms with Gasteiger partial charge in [-0.25, -0.2) is 9.78 Å². The van der Waals surface area contributed by atoms with Gasteiger partial charge in [0.05, 0.1) is 18.8 Å². The van der Waals surface area contributed by atoms with E-state index in [4.69, 9.17) is 11.5 Å². The maximum Gasteiger partial charge on any atom is 0.326 e. The molecule has 4 unspecified atom stereocenters. The Morgan fingerprint density at radius 1 is 1.10 bits per heavy atom. The van der Waals surface area contributed by atoms with Gasteiger partial charge < -0.3 is 37.5 Å². The molecule has 0 fully saturated rings. The second-order valence-corrected chi connectivity index (χ2v) is 6.81. The van der Waals surface area contributed by atoms with Gasteiger partial charge in [-0.2, -0.15) is 12.6 Å². The molecule has 30 heavy (non-hydrogen) atoms. The van der Waals surface area contributed by atoms with E-state index in [0.29, 0.717) is 5.69 Å². The molecule has 1 rings (SSSR count). The van der Waals surface area contributed by atoms with Crippen molar-refractivity contribution in [2.75, 3.05) is 5.75 Å². The molecule has 0 aliphatic carbocycles. The molecule has 0 spiro atoms. The zero-order valence-corrected chi connectivity index (χ0v) is 17.0. The number of rotatable bonds is 12. The van der Waals surface area contributed by atoms with Crippen molar-refractivity contribution in [1.82, 2.24) is 25.9 Å². The van der Waals surface area contributed by atoms with Gasteiger partial charge in [-0.15, -0.1) is 0 Å². The number of thiol groups is 1. The quantitative estimate of drug-likeness (QED) is 0.152. The maximum absolute atomic E-state index is 12.6. The summed E-state index contributed by atoms with van der Waals surface area (Å²) in [5.74, 6) is -4.67. The van der Waals surface area contributed by atoms with Crippen molar-refractivity contribution in [3.63, 3.8) is 0 Å². The number of hydrogen-bond acceptors (Lipinski definition) is 8. The molecule has 4 amide bonds. The summed E-state index contributed by atoms with van der Waals surface area (Å²) in [5.41, 5.74) is 10.9. The molecule has 0 saturated carbocycles. The SMILES string of the molecule is CC(N)C(=O)NC(CS)C(=O)NC(Cc1cnc[nH]1)C(=O)NC(CC(N)=O)C(=O)O. The van der Waals surface area contributed by atoms with Gasteiger partial charge in [0.1, 0.15) is 18.1 Å². The van der Waals surface area contributed by atoms with Gasteiger partial charge in [-0.05, 0) is 6.92 Å². The smallest absolute Gasteiger partial charge is 0.326 e. The first kappa shape index (κ1) is 24.9. The first-order valence-electron chi connectivity index (χ1n) is 8.81. The van der Waals surface area contributed by atoms with Gasteiger partial charge in [0, 0.05) is 24.1 Å². The first-order valence-corrected chi connectivity index (χ1v) is 9.44. The zero-order valence-electron chi connectivity index (χ0n) is 16.1. The Morgan fingerprint density at radius 2 is 1.67 bits per heavy atom. The average molecular weight is 443 g/mol. The molecule has 166 valence electrons.